The third-order valence-corrected chi connectivity index (χ3v) is 3.29. The van der Waals surface area contributed by atoms with Crippen LogP contribution in [0.25, 0.3) is 0 Å². The molecule has 0 radical (unpaired) electrons. The SMILES string of the molecule is CC(N)c1cc(Cl)ccc1OCc1ccc(C(=O)O)cc1. The Bertz CT molecular complexity index is 638. The summed E-state index contributed by atoms with van der Waals surface area (Å²) in [5.41, 5.74) is 7.87. The van der Waals surface area contributed by atoms with E-state index in [9.17, 15) is 4.79 Å². The summed E-state index contributed by atoms with van der Waals surface area (Å²) in [5.74, 6) is -0.267. The highest BCUT2D eigenvalue weighted by Crippen LogP contribution is 2.27. The number of carbonyl (C=O) groups is 1. The van der Waals surface area contributed by atoms with Crippen molar-refractivity contribution in [2.45, 2.75) is 19.6 Å². The zero-order valence-corrected chi connectivity index (χ0v) is 12.3. The predicted octanol–water partition coefficient (Wildman–Crippen LogP) is 3.64. The molecular weight excluding hydrogens is 290 g/mol. The summed E-state index contributed by atoms with van der Waals surface area (Å²) in [6.07, 6.45) is 0. The fourth-order valence-corrected chi connectivity index (χ4v) is 2.09. The maximum atomic E-state index is 10.8. The van der Waals surface area contributed by atoms with Crippen molar-refractivity contribution in [3.8, 4) is 5.75 Å². The van der Waals surface area contributed by atoms with Gasteiger partial charge in [0.25, 0.3) is 0 Å². The van der Waals surface area contributed by atoms with E-state index < -0.39 is 5.97 Å². The maximum Gasteiger partial charge on any atom is 0.335 e. The number of rotatable bonds is 5. The van der Waals surface area contributed by atoms with Gasteiger partial charge in [-0.15, -0.1) is 0 Å². The van der Waals surface area contributed by atoms with Crippen molar-refractivity contribution in [2.75, 3.05) is 0 Å². The zero-order valence-electron chi connectivity index (χ0n) is 11.5. The summed E-state index contributed by atoms with van der Waals surface area (Å²) in [5, 5.41) is 9.46. The average molecular weight is 306 g/mol. The molecule has 3 N–H and O–H groups in total. The van der Waals surface area contributed by atoms with E-state index in [0.29, 0.717) is 17.4 Å². The van der Waals surface area contributed by atoms with Gasteiger partial charge < -0.3 is 15.6 Å². The zero-order chi connectivity index (χ0) is 15.4. The number of carboxylic acids is 1. The van der Waals surface area contributed by atoms with E-state index in [1.165, 1.54) is 0 Å². The van der Waals surface area contributed by atoms with E-state index in [1.54, 1.807) is 42.5 Å². The first-order valence-corrected chi connectivity index (χ1v) is 6.85. The molecule has 0 fully saturated rings. The van der Waals surface area contributed by atoms with Crippen molar-refractivity contribution in [1.82, 2.24) is 0 Å². The Balaban J connectivity index is 2.11. The first-order chi connectivity index (χ1) is 9.97. The van der Waals surface area contributed by atoms with Gasteiger partial charge in [0.2, 0.25) is 0 Å². The third kappa shape index (κ3) is 3.97. The van der Waals surface area contributed by atoms with Crippen LogP contribution in [0, 0.1) is 0 Å². The minimum atomic E-state index is -0.945. The van der Waals surface area contributed by atoms with Gasteiger partial charge >= 0.3 is 5.97 Å². The van der Waals surface area contributed by atoms with Crippen LogP contribution in [0.2, 0.25) is 5.02 Å². The van der Waals surface area contributed by atoms with Gasteiger partial charge in [-0.05, 0) is 42.8 Å². The minimum absolute atomic E-state index is 0.187. The van der Waals surface area contributed by atoms with E-state index >= 15 is 0 Å². The largest absolute Gasteiger partial charge is 0.489 e. The molecule has 0 bridgehead atoms. The Morgan fingerprint density at radius 3 is 2.52 bits per heavy atom. The second-order valence-corrected chi connectivity index (χ2v) is 5.20. The van der Waals surface area contributed by atoms with Crippen molar-refractivity contribution < 1.29 is 14.6 Å². The quantitative estimate of drug-likeness (QED) is 0.884. The van der Waals surface area contributed by atoms with Crippen LogP contribution in [0.5, 0.6) is 5.75 Å². The number of benzene rings is 2. The summed E-state index contributed by atoms with van der Waals surface area (Å²) in [6.45, 7) is 2.20. The van der Waals surface area contributed by atoms with Gasteiger partial charge in [0.1, 0.15) is 12.4 Å². The van der Waals surface area contributed by atoms with Crippen LogP contribution < -0.4 is 10.5 Å². The Kier molecular flexibility index (Phi) is 4.83. The Morgan fingerprint density at radius 1 is 1.29 bits per heavy atom. The van der Waals surface area contributed by atoms with Crippen molar-refractivity contribution in [3.05, 3.63) is 64.2 Å². The lowest BCUT2D eigenvalue weighted by Crippen LogP contribution is -2.08. The van der Waals surface area contributed by atoms with Crippen molar-refractivity contribution in [2.24, 2.45) is 5.73 Å². The van der Waals surface area contributed by atoms with E-state index in [0.717, 1.165) is 11.1 Å². The number of nitrogens with two attached hydrogens (primary N) is 1. The molecule has 0 aromatic heterocycles. The van der Waals surface area contributed by atoms with Crippen LogP contribution in [0.15, 0.2) is 42.5 Å². The van der Waals surface area contributed by atoms with E-state index in [2.05, 4.69) is 0 Å². The van der Waals surface area contributed by atoms with Crippen LogP contribution in [0.3, 0.4) is 0 Å². The summed E-state index contributed by atoms with van der Waals surface area (Å²) in [4.78, 5) is 10.8. The second kappa shape index (κ2) is 6.61. The molecule has 0 heterocycles. The number of carboxylic acid groups (broad SMARTS) is 1. The monoisotopic (exact) mass is 305 g/mol. The number of aromatic carboxylic acids is 1. The van der Waals surface area contributed by atoms with E-state index in [4.69, 9.17) is 27.2 Å². The van der Waals surface area contributed by atoms with Crippen LogP contribution in [0.1, 0.15) is 34.5 Å². The lowest BCUT2D eigenvalue weighted by Gasteiger charge is -2.14. The Morgan fingerprint density at radius 2 is 1.95 bits per heavy atom. The Labute approximate surface area is 128 Å². The van der Waals surface area contributed by atoms with E-state index in [-0.39, 0.29) is 11.6 Å². The molecule has 0 aliphatic rings. The number of halogens is 1. The predicted molar refractivity (Wildman–Crippen MR) is 81.8 cm³/mol. The number of hydrogen-bond donors (Lipinski definition) is 2. The highest BCUT2D eigenvalue weighted by molar-refractivity contribution is 6.30. The van der Waals surface area contributed by atoms with Gasteiger partial charge in [-0.1, -0.05) is 23.7 Å². The fraction of sp³-hybridized carbons (Fsp3) is 0.188. The Hall–Kier alpha value is -2.04. The topological polar surface area (TPSA) is 72.5 Å². The fourth-order valence-electron chi connectivity index (χ4n) is 1.91. The standard InChI is InChI=1S/C16H16ClNO3/c1-10(18)14-8-13(17)6-7-15(14)21-9-11-2-4-12(5-3-11)16(19)20/h2-8,10H,9,18H2,1H3,(H,19,20). The summed E-state index contributed by atoms with van der Waals surface area (Å²) in [7, 11) is 0. The molecule has 1 unspecified atom stereocenters. The lowest BCUT2D eigenvalue weighted by atomic mass is 10.1. The maximum absolute atomic E-state index is 10.8. The molecule has 0 saturated heterocycles. The van der Waals surface area contributed by atoms with Gasteiger partial charge in [0, 0.05) is 16.6 Å². The average Bonchev–Trinajstić information content (AvgIpc) is 2.46. The second-order valence-electron chi connectivity index (χ2n) is 4.76. The normalized spacial score (nSPS) is 12.0. The third-order valence-electron chi connectivity index (χ3n) is 3.06. The minimum Gasteiger partial charge on any atom is -0.489 e. The molecule has 2 aromatic carbocycles. The van der Waals surface area contributed by atoms with Gasteiger partial charge in [0.15, 0.2) is 0 Å². The molecule has 0 amide bonds. The number of hydrogen-bond acceptors (Lipinski definition) is 3. The van der Waals surface area contributed by atoms with Crippen LogP contribution in [-0.2, 0) is 6.61 Å². The molecule has 4 nitrogen and oxygen atoms in total. The first kappa shape index (κ1) is 15.4. The van der Waals surface area contributed by atoms with Gasteiger partial charge in [-0.2, -0.15) is 0 Å². The lowest BCUT2D eigenvalue weighted by molar-refractivity contribution is 0.0697. The molecule has 0 aliphatic carbocycles. The van der Waals surface area contributed by atoms with Crippen LogP contribution in [-0.4, -0.2) is 11.1 Å². The summed E-state index contributed by atoms with van der Waals surface area (Å²) < 4.78 is 5.75. The molecule has 1 atom stereocenters. The van der Waals surface area contributed by atoms with Crippen molar-refractivity contribution in [3.63, 3.8) is 0 Å². The molecule has 21 heavy (non-hydrogen) atoms. The highest BCUT2D eigenvalue weighted by Gasteiger charge is 2.09. The van der Waals surface area contributed by atoms with Crippen molar-refractivity contribution >= 4 is 17.6 Å². The van der Waals surface area contributed by atoms with Gasteiger partial charge in [0.05, 0.1) is 5.56 Å². The smallest absolute Gasteiger partial charge is 0.335 e. The van der Waals surface area contributed by atoms with Crippen molar-refractivity contribution in [1.29, 1.82) is 0 Å². The molecule has 2 rings (SSSR count). The molecule has 2 aromatic rings. The molecule has 0 spiro atoms. The molecular formula is C16H16ClNO3. The summed E-state index contributed by atoms with van der Waals surface area (Å²) in [6, 6.07) is 11.7. The molecule has 5 heteroatoms. The number of ether oxygens (including phenoxy) is 1. The van der Waals surface area contributed by atoms with Crippen LogP contribution in [0.4, 0.5) is 0 Å². The van der Waals surface area contributed by atoms with Gasteiger partial charge in [-0.25, -0.2) is 4.79 Å². The molecule has 0 aliphatic heterocycles. The molecule has 110 valence electrons. The van der Waals surface area contributed by atoms with E-state index in [1.807, 2.05) is 6.92 Å². The summed E-state index contributed by atoms with van der Waals surface area (Å²) >= 11 is 5.96. The van der Waals surface area contributed by atoms with Crippen LogP contribution >= 0.6 is 11.6 Å². The highest BCUT2D eigenvalue weighted by atomic mass is 35.5. The first-order valence-electron chi connectivity index (χ1n) is 6.47. The van der Waals surface area contributed by atoms with Gasteiger partial charge in [-0.3, -0.25) is 0 Å². The molecule has 0 saturated carbocycles.